The van der Waals surface area contributed by atoms with Gasteiger partial charge < -0.3 is 20.1 Å². The highest BCUT2D eigenvalue weighted by Crippen LogP contribution is 2.15. The molecule has 13 heavy (non-hydrogen) atoms. The minimum Gasteiger partial charge on any atom is -0.456 e. The van der Waals surface area contributed by atoms with E-state index in [9.17, 15) is 15.0 Å². The number of hydrogen-bond donors (Lipinski definition) is 5. The molecular weight excluding hydrogens is 180 g/mol. The third kappa shape index (κ3) is 1.79. The Morgan fingerprint density at radius 3 is 2.54 bits per heavy atom. The number of ether oxygens (including phenoxy) is 1. The number of aliphatic hydroxyl groups is 3. The molecule has 0 aromatic heterocycles. The van der Waals surface area contributed by atoms with Gasteiger partial charge in [0.05, 0.1) is 6.61 Å². The maximum atomic E-state index is 11.0. The number of nitrogens with one attached hydrogen (secondary N) is 1. The SMILES string of the molecule is NNC1C(=O)O[C@H](CO)[C@@H](O)[C@@H]1O. The van der Waals surface area contributed by atoms with Crippen molar-refractivity contribution in [3.05, 3.63) is 0 Å². The molecule has 1 unspecified atom stereocenters. The average molecular weight is 192 g/mol. The molecule has 0 saturated carbocycles. The summed E-state index contributed by atoms with van der Waals surface area (Å²) < 4.78 is 4.58. The van der Waals surface area contributed by atoms with Gasteiger partial charge in [-0.3, -0.25) is 10.6 Å². The van der Waals surface area contributed by atoms with Crippen molar-refractivity contribution >= 4 is 5.97 Å². The van der Waals surface area contributed by atoms with E-state index in [2.05, 4.69) is 4.74 Å². The van der Waals surface area contributed by atoms with Crippen molar-refractivity contribution in [1.29, 1.82) is 0 Å². The Labute approximate surface area is 74.1 Å². The maximum absolute atomic E-state index is 11.0. The standard InChI is InChI=1S/C6H12N2O5/c7-8-3-5(11)4(10)2(1-9)13-6(3)12/h2-5,8-11H,1,7H2/t2-,3?,4-,5-/m1/s1. The van der Waals surface area contributed by atoms with Crippen LogP contribution in [0.3, 0.4) is 0 Å². The van der Waals surface area contributed by atoms with Crippen LogP contribution >= 0.6 is 0 Å². The van der Waals surface area contributed by atoms with Gasteiger partial charge in [-0.1, -0.05) is 0 Å². The lowest BCUT2D eigenvalue weighted by atomic mass is 9.98. The first-order valence-corrected chi connectivity index (χ1v) is 3.75. The fourth-order valence-corrected chi connectivity index (χ4v) is 1.16. The van der Waals surface area contributed by atoms with Gasteiger partial charge >= 0.3 is 5.97 Å². The van der Waals surface area contributed by atoms with Crippen LogP contribution in [-0.2, 0) is 9.53 Å². The van der Waals surface area contributed by atoms with Crippen molar-refractivity contribution < 1.29 is 24.9 Å². The van der Waals surface area contributed by atoms with Gasteiger partial charge in [-0.05, 0) is 0 Å². The zero-order valence-corrected chi connectivity index (χ0v) is 6.75. The second kappa shape index (κ2) is 3.99. The topological polar surface area (TPSA) is 125 Å². The summed E-state index contributed by atoms with van der Waals surface area (Å²) in [5.41, 5.74) is 2.01. The molecule has 1 saturated heterocycles. The lowest BCUT2D eigenvalue weighted by molar-refractivity contribution is -0.189. The van der Waals surface area contributed by atoms with E-state index in [1.54, 1.807) is 0 Å². The van der Waals surface area contributed by atoms with Crippen molar-refractivity contribution in [3.63, 3.8) is 0 Å². The Balaban J connectivity index is 2.72. The van der Waals surface area contributed by atoms with E-state index < -0.39 is 36.9 Å². The van der Waals surface area contributed by atoms with Crippen molar-refractivity contribution in [1.82, 2.24) is 5.43 Å². The van der Waals surface area contributed by atoms with Gasteiger partial charge in [-0.25, -0.2) is 5.43 Å². The monoisotopic (exact) mass is 192 g/mol. The Morgan fingerprint density at radius 2 is 2.08 bits per heavy atom. The molecular formula is C6H12N2O5. The van der Waals surface area contributed by atoms with Crippen molar-refractivity contribution in [3.8, 4) is 0 Å². The lowest BCUT2D eigenvalue weighted by Crippen LogP contribution is -2.62. The van der Waals surface area contributed by atoms with Gasteiger partial charge in [-0.2, -0.15) is 0 Å². The highest BCUT2D eigenvalue weighted by Gasteiger charge is 2.43. The van der Waals surface area contributed by atoms with Crippen LogP contribution in [0.1, 0.15) is 0 Å². The predicted octanol–water partition coefficient (Wildman–Crippen LogP) is -3.54. The van der Waals surface area contributed by atoms with Gasteiger partial charge in [0, 0.05) is 0 Å². The number of rotatable bonds is 2. The van der Waals surface area contributed by atoms with E-state index in [1.165, 1.54) is 0 Å². The molecule has 0 radical (unpaired) electrons. The van der Waals surface area contributed by atoms with Crippen LogP contribution in [0.25, 0.3) is 0 Å². The van der Waals surface area contributed by atoms with Crippen molar-refractivity contribution in [2.24, 2.45) is 5.84 Å². The molecule has 1 rings (SSSR count). The molecule has 0 spiro atoms. The first-order chi connectivity index (χ1) is 6.11. The highest BCUT2D eigenvalue weighted by molar-refractivity contribution is 5.77. The molecule has 0 aliphatic carbocycles. The van der Waals surface area contributed by atoms with Crippen LogP contribution in [0.15, 0.2) is 0 Å². The smallest absolute Gasteiger partial charge is 0.327 e. The molecule has 1 fully saturated rings. The number of hydrazine groups is 1. The normalized spacial score (nSPS) is 40.2. The van der Waals surface area contributed by atoms with Gasteiger partial charge in [-0.15, -0.1) is 0 Å². The first-order valence-electron chi connectivity index (χ1n) is 3.75. The molecule has 76 valence electrons. The van der Waals surface area contributed by atoms with E-state index in [0.29, 0.717) is 0 Å². The largest absolute Gasteiger partial charge is 0.456 e. The zero-order chi connectivity index (χ0) is 10.0. The molecule has 6 N–H and O–H groups in total. The number of cyclic esters (lactones) is 1. The fourth-order valence-electron chi connectivity index (χ4n) is 1.16. The highest BCUT2D eigenvalue weighted by atomic mass is 16.6. The number of carbonyl (C=O) groups excluding carboxylic acids is 1. The average Bonchev–Trinajstić information content (AvgIpc) is 2.12. The molecule has 4 atom stereocenters. The molecule has 0 bridgehead atoms. The summed E-state index contributed by atoms with van der Waals surface area (Å²) in [5, 5.41) is 27.2. The summed E-state index contributed by atoms with van der Waals surface area (Å²) >= 11 is 0. The van der Waals surface area contributed by atoms with Crippen molar-refractivity contribution in [2.45, 2.75) is 24.4 Å². The van der Waals surface area contributed by atoms with Crippen LogP contribution in [0.4, 0.5) is 0 Å². The molecule has 1 aliphatic heterocycles. The van der Waals surface area contributed by atoms with Crippen molar-refractivity contribution in [2.75, 3.05) is 6.61 Å². The summed E-state index contributed by atoms with van der Waals surface area (Å²) in [5.74, 6) is 4.16. The Kier molecular flexibility index (Phi) is 3.17. The van der Waals surface area contributed by atoms with E-state index in [-0.39, 0.29) is 0 Å². The van der Waals surface area contributed by atoms with Gasteiger partial charge in [0.2, 0.25) is 0 Å². The van der Waals surface area contributed by atoms with Gasteiger partial charge in [0.25, 0.3) is 0 Å². The lowest BCUT2D eigenvalue weighted by Gasteiger charge is -2.35. The van der Waals surface area contributed by atoms with Gasteiger partial charge in [0.1, 0.15) is 18.2 Å². The fraction of sp³-hybridized carbons (Fsp3) is 0.833. The van der Waals surface area contributed by atoms with E-state index in [1.807, 2.05) is 5.43 Å². The number of nitrogens with two attached hydrogens (primary N) is 1. The Hall–Kier alpha value is -0.730. The summed E-state index contributed by atoms with van der Waals surface area (Å²) in [6, 6.07) is -1.15. The minimum absolute atomic E-state index is 0.540. The maximum Gasteiger partial charge on any atom is 0.327 e. The summed E-state index contributed by atoms with van der Waals surface area (Å²) in [6.45, 7) is -0.540. The minimum atomic E-state index is -1.37. The van der Waals surface area contributed by atoms with Crippen LogP contribution in [0.2, 0.25) is 0 Å². The van der Waals surface area contributed by atoms with E-state index >= 15 is 0 Å². The summed E-state index contributed by atoms with van der Waals surface area (Å²) in [4.78, 5) is 11.0. The molecule has 7 nitrogen and oxygen atoms in total. The zero-order valence-electron chi connectivity index (χ0n) is 6.75. The number of esters is 1. The van der Waals surface area contributed by atoms with Crippen LogP contribution in [0.5, 0.6) is 0 Å². The molecule has 1 heterocycles. The molecule has 7 heteroatoms. The first kappa shape index (κ1) is 10.4. The molecule has 0 aromatic rings. The van der Waals surface area contributed by atoms with E-state index in [0.717, 1.165) is 0 Å². The number of carbonyl (C=O) groups is 1. The summed E-state index contributed by atoms with van der Waals surface area (Å²) in [6.07, 6.45) is -3.79. The number of hydrogen-bond acceptors (Lipinski definition) is 7. The quantitative estimate of drug-likeness (QED) is 0.174. The van der Waals surface area contributed by atoms with E-state index in [4.69, 9.17) is 10.9 Å². The summed E-state index contributed by atoms with van der Waals surface area (Å²) in [7, 11) is 0. The molecule has 0 aromatic carbocycles. The third-order valence-electron chi connectivity index (χ3n) is 1.95. The third-order valence-corrected chi connectivity index (χ3v) is 1.95. The second-order valence-electron chi connectivity index (χ2n) is 2.78. The Bertz CT molecular complexity index is 199. The molecule has 1 aliphatic rings. The predicted molar refractivity (Wildman–Crippen MR) is 40.1 cm³/mol. The van der Waals surface area contributed by atoms with Crippen LogP contribution in [0, 0.1) is 0 Å². The number of aliphatic hydroxyl groups excluding tert-OH is 3. The second-order valence-corrected chi connectivity index (χ2v) is 2.78. The molecule has 0 amide bonds. The van der Waals surface area contributed by atoms with Gasteiger partial charge in [0.15, 0.2) is 6.10 Å². The van der Waals surface area contributed by atoms with Crippen LogP contribution < -0.4 is 11.3 Å². The van der Waals surface area contributed by atoms with Crippen LogP contribution in [-0.4, -0.2) is 52.2 Å². The Morgan fingerprint density at radius 1 is 1.46 bits per heavy atom.